The van der Waals surface area contributed by atoms with Gasteiger partial charge in [-0.25, -0.2) is 0 Å². The van der Waals surface area contributed by atoms with Crippen molar-refractivity contribution in [3.8, 4) is 5.75 Å². The maximum absolute atomic E-state index is 12.9. The molecule has 5 nitrogen and oxygen atoms in total. The van der Waals surface area contributed by atoms with Crippen LogP contribution in [0.3, 0.4) is 0 Å². The van der Waals surface area contributed by atoms with E-state index in [0.717, 1.165) is 6.42 Å². The van der Waals surface area contributed by atoms with Crippen molar-refractivity contribution in [2.75, 3.05) is 13.2 Å². The number of carbonyl (C=O) groups excluding carboxylic acids is 2. The Morgan fingerprint density at radius 1 is 1.10 bits per heavy atom. The van der Waals surface area contributed by atoms with Gasteiger partial charge in [0.2, 0.25) is 5.91 Å². The average Bonchev–Trinajstić information content (AvgIpc) is 2.70. The van der Waals surface area contributed by atoms with Gasteiger partial charge in [-0.2, -0.15) is 0 Å². The Kier molecular flexibility index (Phi) is 9.08. The summed E-state index contributed by atoms with van der Waals surface area (Å²) in [4.78, 5) is 26.9. The highest BCUT2D eigenvalue weighted by Gasteiger charge is 2.27. The molecule has 0 aliphatic heterocycles. The van der Waals surface area contributed by atoms with E-state index in [4.69, 9.17) is 39.5 Å². The standard InChI is InChI=1S/C21H23Cl3N2O3/c1-3-10-25-21(28)14(2)26(12-15-8-9-16(22)11-18(15)24)20(27)13-29-19-7-5-4-6-17(19)23/h4-9,11,14H,3,10,12-13H2,1-2H3,(H,25,28)/t14-/m1/s1. The smallest absolute Gasteiger partial charge is 0.261 e. The third kappa shape index (κ3) is 6.81. The minimum absolute atomic E-state index is 0.140. The molecule has 0 radical (unpaired) electrons. The first-order chi connectivity index (χ1) is 13.8. The molecule has 8 heteroatoms. The zero-order valence-electron chi connectivity index (χ0n) is 16.3. The number of hydrogen-bond donors (Lipinski definition) is 1. The third-order valence-corrected chi connectivity index (χ3v) is 5.16. The molecule has 2 aromatic rings. The lowest BCUT2D eigenvalue weighted by atomic mass is 10.1. The minimum Gasteiger partial charge on any atom is -0.482 e. The Bertz CT molecular complexity index is 861. The van der Waals surface area contributed by atoms with Crippen LogP contribution >= 0.6 is 34.8 Å². The molecule has 1 atom stereocenters. The van der Waals surface area contributed by atoms with Gasteiger partial charge in [0.05, 0.1) is 5.02 Å². The third-order valence-electron chi connectivity index (χ3n) is 4.26. The van der Waals surface area contributed by atoms with Gasteiger partial charge in [0.1, 0.15) is 11.8 Å². The summed E-state index contributed by atoms with van der Waals surface area (Å²) >= 11 is 18.3. The molecule has 0 aliphatic rings. The number of rotatable bonds is 9. The summed E-state index contributed by atoms with van der Waals surface area (Å²) < 4.78 is 5.57. The van der Waals surface area contributed by atoms with E-state index in [1.54, 1.807) is 49.4 Å². The van der Waals surface area contributed by atoms with Crippen LogP contribution in [-0.2, 0) is 16.1 Å². The van der Waals surface area contributed by atoms with Crippen LogP contribution in [0.15, 0.2) is 42.5 Å². The Balaban J connectivity index is 2.19. The number of amides is 2. The van der Waals surface area contributed by atoms with Crippen LogP contribution in [0.2, 0.25) is 15.1 Å². The van der Waals surface area contributed by atoms with Crippen molar-refractivity contribution in [3.63, 3.8) is 0 Å². The van der Waals surface area contributed by atoms with Crippen LogP contribution in [0.25, 0.3) is 0 Å². The topological polar surface area (TPSA) is 58.6 Å². The summed E-state index contributed by atoms with van der Waals surface area (Å²) in [5, 5.41) is 4.13. The van der Waals surface area contributed by atoms with E-state index in [2.05, 4.69) is 5.32 Å². The molecule has 0 heterocycles. The number of nitrogens with one attached hydrogen (secondary N) is 1. The lowest BCUT2D eigenvalue weighted by Gasteiger charge is -2.29. The number of benzene rings is 2. The molecular formula is C21H23Cl3N2O3. The van der Waals surface area contributed by atoms with Gasteiger partial charge < -0.3 is 15.0 Å². The molecule has 2 aromatic carbocycles. The van der Waals surface area contributed by atoms with Crippen molar-refractivity contribution in [3.05, 3.63) is 63.1 Å². The van der Waals surface area contributed by atoms with Crippen LogP contribution in [0, 0.1) is 0 Å². The summed E-state index contributed by atoms with van der Waals surface area (Å²) in [5.41, 5.74) is 0.678. The molecule has 0 aromatic heterocycles. The van der Waals surface area contributed by atoms with E-state index < -0.39 is 6.04 Å². The van der Waals surface area contributed by atoms with Gasteiger partial charge in [-0.3, -0.25) is 9.59 Å². The number of carbonyl (C=O) groups is 2. The first-order valence-corrected chi connectivity index (χ1v) is 10.3. The Hall–Kier alpha value is -1.95. The lowest BCUT2D eigenvalue weighted by molar-refractivity contribution is -0.142. The molecule has 0 saturated heterocycles. The van der Waals surface area contributed by atoms with E-state index in [0.29, 0.717) is 32.9 Å². The average molecular weight is 458 g/mol. The van der Waals surface area contributed by atoms with Gasteiger partial charge in [-0.1, -0.05) is 59.9 Å². The molecular weight excluding hydrogens is 435 g/mol. The molecule has 0 aliphatic carbocycles. The maximum Gasteiger partial charge on any atom is 0.261 e. The van der Waals surface area contributed by atoms with Crippen LogP contribution in [-0.4, -0.2) is 35.9 Å². The summed E-state index contributed by atoms with van der Waals surface area (Å²) in [6.07, 6.45) is 0.797. The molecule has 0 unspecified atom stereocenters. The number of ether oxygens (including phenoxy) is 1. The van der Waals surface area contributed by atoms with Crippen molar-refractivity contribution in [2.24, 2.45) is 0 Å². The Labute approximate surface area is 185 Å². The second kappa shape index (κ2) is 11.3. The zero-order chi connectivity index (χ0) is 21.4. The second-order valence-electron chi connectivity index (χ2n) is 6.44. The van der Waals surface area contributed by atoms with Crippen molar-refractivity contribution in [1.29, 1.82) is 0 Å². The molecule has 0 bridgehead atoms. The van der Waals surface area contributed by atoms with Crippen LogP contribution < -0.4 is 10.1 Å². The fourth-order valence-electron chi connectivity index (χ4n) is 2.60. The molecule has 0 fully saturated rings. The van der Waals surface area contributed by atoms with E-state index in [1.807, 2.05) is 6.92 Å². The summed E-state index contributed by atoms with van der Waals surface area (Å²) in [6.45, 7) is 4.03. The van der Waals surface area contributed by atoms with Crippen molar-refractivity contribution < 1.29 is 14.3 Å². The van der Waals surface area contributed by atoms with Gasteiger partial charge in [-0.15, -0.1) is 0 Å². The largest absolute Gasteiger partial charge is 0.482 e. The number of halogens is 3. The van der Waals surface area contributed by atoms with Gasteiger partial charge in [-0.05, 0) is 43.2 Å². The van der Waals surface area contributed by atoms with E-state index in [9.17, 15) is 9.59 Å². The van der Waals surface area contributed by atoms with E-state index >= 15 is 0 Å². The highest BCUT2D eigenvalue weighted by atomic mass is 35.5. The van der Waals surface area contributed by atoms with Gasteiger partial charge in [0.15, 0.2) is 6.61 Å². The SMILES string of the molecule is CCCNC(=O)[C@@H](C)N(Cc1ccc(Cl)cc1Cl)C(=O)COc1ccccc1Cl. The molecule has 2 rings (SSSR count). The van der Waals surface area contributed by atoms with Gasteiger partial charge in [0.25, 0.3) is 5.91 Å². The number of para-hydroxylation sites is 1. The minimum atomic E-state index is -0.712. The van der Waals surface area contributed by atoms with E-state index in [-0.39, 0.29) is 25.0 Å². The van der Waals surface area contributed by atoms with Crippen LogP contribution in [0.4, 0.5) is 0 Å². The molecule has 29 heavy (non-hydrogen) atoms. The number of nitrogens with zero attached hydrogens (tertiary/aromatic N) is 1. The summed E-state index contributed by atoms with van der Waals surface area (Å²) in [5.74, 6) is -0.215. The van der Waals surface area contributed by atoms with E-state index in [1.165, 1.54) is 4.90 Å². The predicted octanol–water partition coefficient (Wildman–Crippen LogP) is 4.97. The zero-order valence-corrected chi connectivity index (χ0v) is 18.5. The molecule has 0 spiro atoms. The predicted molar refractivity (Wildman–Crippen MR) is 117 cm³/mol. The fourth-order valence-corrected chi connectivity index (χ4v) is 3.25. The summed E-state index contributed by atoms with van der Waals surface area (Å²) in [6, 6.07) is 11.2. The Morgan fingerprint density at radius 2 is 1.83 bits per heavy atom. The quantitative estimate of drug-likeness (QED) is 0.578. The Morgan fingerprint density at radius 3 is 2.48 bits per heavy atom. The van der Waals surface area contributed by atoms with Gasteiger partial charge in [0, 0.05) is 23.1 Å². The van der Waals surface area contributed by atoms with Crippen LogP contribution in [0.1, 0.15) is 25.8 Å². The molecule has 2 amide bonds. The second-order valence-corrected chi connectivity index (χ2v) is 7.69. The maximum atomic E-state index is 12.9. The van der Waals surface area contributed by atoms with Gasteiger partial charge >= 0.3 is 0 Å². The summed E-state index contributed by atoms with van der Waals surface area (Å²) in [7, 11) is 0. The highest BCUT2D eigenvalue weighted by Crippen LogP contribution is 2.25. The van der Waals surface area contributed by atoms with Crippen molar-refractivity contribution in [2.45, 2.75) is 32.9 Å². The first kappa shape index (κ1) is 23.3. The number of hydrogen-bond acceptors (Lipinski definition) is 3. The van der Waals surface area contributed by atoms with Crippen LogP contribution in [0.5, 0.6) is 5.75 Å². The first-order valence-electron chi connectivity index (χ1n) is 9.22. The van der Waals surface area contributed by atoms with Crippen molar-refractivity contribution >= 4 is 46.6 Å². The molecule has 0 saturated carbocycles. The molecule has 1 N–H and O–H groups in total. The highest BCUT2D eigenvalue weighted by molar-refractivity contribution is 6.35. The fraction of sp³-hybridized carbons (Fsp3) is 0.333. The monoisotopic (exact) mass is 456 g/mol. The lowest BCUT2D eigenvalue weighted by Crippen LogP contribution is -2.49. The normalized spacial score (nSPS) is 11.6. The molecule has 156 valence electrons. The van der Waals surface area contributed by atoms with Crippen molar-refractivity contribution in [1.82, 2.24) is 10.2 Å².